The minimum absolute atomic E-state index is 0.0315. The second-order valence-corrected chi connectivity index (χ2v) is 6.19. The Morgan fingerprint density at radius 2 is 2.04 bits per heavy atom. The Labute approximate surface area is 151 Å². The van der Waals surface area contributed by atoms with E-state index in [0.717, 1.165) is 29.5 Å². The van der Waals surface area contributed by atoms with E-state index in [9.17, 15) is 13.6 Å². The molecule has 1 amide bonds. The quantitative estimate of drug-likeness (QED) is 0.694. The van der Waals surface area contributed by atoms with Crippen LogP contribution >= 0.6 is 22.9 Å². The zero-order valence-corrected chi connectivity index (χ0v) is 14.2. The number of nitrogens with one attached hydrogen (secondary N) is 1. The summed E-state index contributed by atoms with van der Waals surface area (Å²) < 4.78 is 32.3. The van der Waals surface area contributed by atoms with E-state index in [1.807, 2.05) is 0 Å². The number of carbonyl (C=O) groups is 1. The highest BCUT2D eigenvalue weighted by atomic mass is 35.5. The van der Waals surface area contributed by atoms with Gasteiger partial charge in [0.1, 0.15) is 17.4 Å². The van der Waals surface area contributed by atoms with Crippen LogP contribution in [0.25, 0.3) is 11.3 Å². The van der Waals surface area contributed by atoms with Gasteiger partial charge in [-0.1, -0.05) is 23.7 Å². The van der Waals surface area contributed by atoms with E-state index in [4.69, 9.17) is 16.3 Å². The summed E-state index contributed by atoms with van der Waals surface area (Å²) in [6, 6.07) is 9.88. The molecule has 0 saturated heterocycles. The van der Waals surface area contributed by atoms with Gasteiger partial charge in [-0.05, 0) is 30.3 Å². The number of aromatic nitrogens is 1. The van der Waals surface area contributed by atoms with Crippen molar-refractivity contribution in [1.29, 1.82) is 0 Å². The maximum Gasteiger partial charge on any atom is 0.264 e. The first-order chi connectivity index (χ1) is 12.0. The van der Waals surface area contributed by atoms with Gasteiger partial charge in [-0.2, -0.15) is 0 Å². The lowest BCUT2D eigenvalue weighted by Crippen LogP contribution is -2.20. The Balaban J connectivity index is 1.64. The normalized spacial score (nSPS) is 10.5. The molecule has 0 spiro atoms. The average molecular weight is 381 g/mol. The summed E-state index contributed by atoms with van der Waals surface area (Å²) in [7, 11) is 0. The molecular weight excluding hydrogens is 370 g/mol. The standard InChI is InChI=1S/C17H11ClF2N2O2S/c18-12-3-1-2-4-15(12)24-8-16(23)22-17-21-14(9-25-17)11-7-10(19)5-6-13(11)20/h1-7,9H,8H2,(H,21,22,23). The number of benzene rings is 2. The van der Waals surface area contributed by atoms with Gasteiger partial charge in [-0.3, -0.25) is 10.1 Å². The molecule has 0 unspecified atom stereocenters. The van der Waals surface area contributed by atoms with E-state index in [2.05, 4.69) is 10.3 Å². The van der Waals surface area contributed by atoms with Crippen molar-refractivity contribution in [1.82, 2.24) is 4.98 Å². The van der Waals surface area contributed by atoms with Crippen molar-refractivity contribution in [3.63, 3.8) is 0 Å². The van der Waals surface area contributed by atoms with Crippen molar-refractivity contribution in [3.05, 3.63) is 64.5 Å². The van der Waals surface area contributed by atoms with Gasteiger partial charge >= 0.3 is 0 Å². The molecule has 0 radical (unpaired) electrons. The smallest absolute Gasteiger partial charge is 0.264 e. The highest BCUT2D eigenvalue weighted by molar-refractivity contribution is 7.14. The predicted octanol–water partition coefficient (Wildman–Crippen LogP) is 4.76. The summed E-state index contributed by atoms with van der Waals surface area (Å²) in [5, 5.41) is 4.72. The van der Waals surface area contributed by atoms with Crippen LogP contribution in [-0.4, -0.2) is 17.5 Å². The van der Waals surface area contributed by atoms with Gasteiger partial charge in [-0.25, -0.2) is 13.8 Å². The molecule has 1 N–H and O–H groups in total. The number of hydrogen-bond donors (Lipinski definition) is 1. The van der Waals surface area contributed by atoms with E-state index >= 15 is 0 Å². The van der Waals surface area contributed by atoms with Crippen molar-refractivity contribution >= 4 is 34.0 Å². The van der Waals surface area contributed by atoms with Gasteiger partial charge in [0.25, 0.3) is 5.91 Å². The minimum Gasteiger partial charge on any atom is -0.482 e. The molecule has 1 heterocycles. The van der Waals surface area contributed by atoms with Crippen LogP contribution in [0.3, 0.4) is 0 Å². The van der Waals surface area contributed by atoms with E-state index < -0.39 is 17.5 Å². The summed E-state index contributed by atoms with van der Waals surface area (Å²) in [4.78, 5) is 16.0. The Bertz CT molecular complexity index is 917. The molecule has 0 saturated carbocycles. The summed E-state index contributed by atoms with van der Waals surface area (Å²) in [5.41, 5.74) is 0.272. The summed E-state index contributed by atoms with van der Waals surface area (Å²) in [6.45, 7) is -0.257. The van der Waals surface area contributed by atoms with Gasteiger partial charge in [0.15, 0.2) is 11.7 Å². The maximum absolute atomic E-state index is 13.8. The fraction of sp³-hybridized carbons (Fsp3) is 0.0588. The zero-order valence-electron chi connectivity index (χ0n) is 12.6. The molecule has 3 rings (SSSR count). The number of ether oxygens (including phenoxy) is 1. The summed E-state index contributed by atoms with van der Waals surface area (Å²) >= 11 is 7.03. The fourth-order valence-electron chi connectivity index (χ4n) is 2.01. The molecule has 2 aromatic carbocycles. The van der Waals surface area contributed by atoms with Gasteiger partial charge < -0.3 is 4.74 Å². The first-order valence-electron chi connectivity index (χ1n) is 7.11. The van der Waals surface area contributed by atoms with E-state index in [1.165, 1.54) is 5.38 Å². The predicted molar refractivity (Wildman–Crippen MR) is 93.0 cm³/mol. The molecular formula is C17H11ClF2N2O2S. The highest BCUT2D eigenvalue weighted by Crippen LogP contribution is 2.28. The van der Waals surface area contributed by atoms with Crippen molar-refractivity contribution in [2.75, 3.05) is 11.9 Å². The van der Waals surface area contributed by atoms with E-state index in [1.54, 1.807) is 24.3 Å². The lowest BCUT2D eigenvalue weighted by Gasteiger charge is -2.07. The molecule has 0 aliphatic rings. The highest BCUT2D eigenvalue weighted by Gasteiger charge is 2.13. The number of hydrogen-bond acceptors (Lipinski definition) is 4. The fourth-order valence-corrected chi connectivity index (χ4v) is 2.93. The van der Waals surface area contributed by atoms with Crippen LogP contribution in [0.15, 0.2) is 47.8 Å². The number of carbonyl (C=O) groups excluding carboxylic acids is 1. The number of amides is 1. The largest absolute Gasteiger partial charge is 0.482 e. The Morgan fingerprint density at radius 1 is 1.24 bits per heavy atom. The van der Waals surface area contributed by atoms with Gasteiger partial charge in [0, 0.05) is 10.9 Å². The Kier molecular flexibility index (Phi) is 5.25. The van der Waals surface area contributed by atoms with Crippen LogP contribution < -0.4 is 10.1 Å². The molecule has 0 fully saturated rings. The second-order valence-electron chi connectivity index (χ2n) is 4.93. The number of nitrogens with zero attached hydrogens (tertiary/aromatic N) is 1. The molecule has 3 aromatic rings. The third kappa shape index (κ3) is 4.32. The van der Waals surface area contributed by atoms with Crippen LogP contribution in [0.1, 0.15) is 0 Å². The van der Waals surface area contributed by atoms with Crippen LogP contribution in [0.4, 0.5) is 13.9 Å². The topological polar surface area (TPSA) is 51.2 Å². The van der Waals surface area contributed by atoms with Crippen LogP contribution in [0.2, 0.25) is 5.02 Å². The molecule has 8 heteroatoms. The van der Waals surface area contributed by atoms with Gasteiger partial charge in [0.2, 0.25) is 0 Å². The third-order valence-corrected chi connectivity index (χ3v) is 4.22. The minimum atomic E-state index is -0.591. The first kappa shape index (κ1) is 17.3. The molecule has 0 aliphatic carbocycles. The monoisotopic (exact) mass is 380 g/mol. The number of rotatable bonds is 5. The van der Waals surface area contributed by atoms with Crippen molar-refractivity contribution < 1.29 is 18.3 Å². The van der Waals surface area contributed by atoms with Crippen molar-refractivity contribution in [2.24, 2.45) is 0 Å². The van der Waals surface area contributed by atoms with Gasteiger partial charge in [0.05, 0.1) is 10.7 Å². The van der Waals surface area contributed by atoms with Crippen LogP contribution in [0, 0.1) is 11.6 Å². The molecule has 1 aromatic heterocycles. The molecule has 128 valence electrons. The molecule has 25 heavy (non-hydrogen) atoms. The number of thiazole rings is 1. The first-order valence-corrected chi connectivity index (χ1v) is 8.37. The molecule has 0 bridgehead atoms. The number of para-hydroxylation sites is 1. The second kappa shape index (κ2) is 7.58. The summed E-state index contributed by atoms with van der Waals surface area (Å²) in [6.07, 6.45) is 0. The van der Waals surface area contributed by atoms with Gasteiger partial charge in [-0.15, -0.1) is 11.3 Å². The molecule has 0 atom stereocenters. The number of halogens is 3. The SMILES string of the molecule is O=C(COc1ccccc1Cl)Nc1nc(-c2cc(F)ccc2F)cs1. The third-order valence-electron chi connectivity index (χ3n) is 3.15. The number of anilines is 1. The van der Waals surface area contributed by atoms with Crippen molar-refractivity contribution in [3.8, 4) is 17.0 Å². The van der Waals surface area contributed by atoms with Crippen LogP contribution in [-0.2, 0) is 4.79 Å². The Morgan fingerprint density at radius 3 is 2.84 bits per heavy atom. The maximum atomic E-state index is 13.8. The van der Waals surface area contributed by atoms with Crippen molar-refractivity contribution in [2.45, 2.75) is 0 Å². The van der Waals surface area contributed by atoms with Crippen LogP contribution in [0.5, 0.6) is 5.75 Å². The zero-order chi connectivity index (χ0) is 17.8. The van der Waals surface area contributed by atoms with E-state index in [0.29, 0.717) is 10.8 Å². The lowest BCUT2D eigenvalue weighted by molar-refractivity contribution is -0.118. The summed E-state index contributed by atoms with van der Waals surface area (Å²) in [5.74, 6) is -1.21. The lowest BCUT2D eigenvalue weighted by atomic mass is 10.1. The molecule has 0 aliphatic heterocycles. The Hall–Kier alpha value is -2.51. The average Bonchev–Trinajstić information content (AvgIpc) is 3.04. The molecule has 4 nitrogen and oxygen atoms in total. The van der Waals surface area contributed by atoms with E-state index in [-0.39, 0.29) is 23.0 Å².